The minimum absolute atomic E-state index is 0.205. The second-order valence-electron chi connectivity index (χ2n) is 6.10. The van der Waals surface area contributed by atoms with Gasteiger partial charge in [0.1, 0.15) is 0 Å². The summed E-state index contributed by atoms with van der Waals surface area (Å²) in [5.74, 6) is 6.21. The molecule has 0 radical (unpaired) electrons. The van der Waals surface area contributed by atoms with E-state index in [1.165, 1.54) is 19.3 Å². The van der Waals surface area contributed by atoms with Gasteiger partial charge in [-0.05, 0) is 43.4 Å². The zero-order chi connectivity index (χ0) is 10.6. The lowest BCUT2D eigenvalue weighted by Gasteiger charge is -2.33. The van der Waals surface area contributed by atoms with Crippen LogP contribution in [0.3, 0.4) is 0 Å². The van der Waals surface area contributed by atoms with Crippen molar-refractivity contribution in [3.63, 3.8) is 0 Å². The lowest BCUT2D eigenvalue weighted by molar-refractivity contribution is 0.0452. The minimum atomic E-state index is -0.887. The highest BCUT2D eigenvalue weighted by molar-refractivity contribution is 6.48. The molecule has 0 aromatic heterocycles. The van der Waals surface area contributed by atoms with Gasteiger partial charge in [0.25, 0.3) is 0 Å². The highest BCUT2D eigenvalue weighted by atomic mass is 27.2. The fourth-order valence-corrected chi connectivity index (χ4v) is 4.94. The third-order valence-electron chi connectivity index (χ3n) is 4.78. The molecule has 80 valence electrons. The molecule has 1 spiro atoms. The molecule has 0 aliphatic heterocycles. The van der Waals surface area contributed by atoms with Gasteiger partial charge in [-0.2, -0.15) is 0 Å². The SMILES string of the molecule is CC1C(C)C(C)([O][Al]([CH3])[CH3])CC12CC2. The van der Waals surface area contributed by atoms with Crippen molar-refractivity contribution in [3.8, 4) is 0 Å². The van der Waals surface area contributed by atoms with E-state index >= 15 is 0 Å². The van der Waals surface area contributed by atoms with Crippen molar-refractivity contribution < 1.29 is 3.79 Å². The van der Waals surface area contributed by atoms with Crippen molar-refractivity contribution in [3.05, 3.63) is 0 Å². The zero-order valence-corrected chi connectivity index (χ0v) is 11.4. The van der Waals surface area contributed by atoms with Gasteiger partial charge >= 0.3 is 14.5 Å². The van der Waals surface area contributed by atoms with Crippen LogP contribution in [0.2, 0.25) is 11.6 Å². The first kappa shape index (κ1) is 11.0. The van der Waals surface area contributed by atoms with Crippen molar-refractivity contribution >= 4 is 14.5 Å². The maximum atomic E-state index is 6.30. The Labute approximate surface area is 92.9 Å². The van der Waals surface area contributed by atoms with Gasteiger partial charge in [0.05, 0.1) is 0 Å². The summed E-state index contributed by atoms with van der Waals surface area (Å²) in [4.78, 5) is 0. The van der Waals surface area contributed by atoms with E-state index in [-0.39, 0.29) is 5.60 Å². The molecule has 14 heavy (non-hydrogen) atoms. The first-order chi connectivity index (χ1) is 6.40. The molecule has 2 rings (SSSR count). The van der Waals surface area contributed by atoms with Crippen LogP contribution in [0.25, 0.3) is 0 Å². The summed E-state index contributed by atoms with van der Waals surface area (Å²) < 4.78 is 6.30. The molecule has 0 N–H and O–H groups in total. The molecule has 0 bridgehead atoms. The predicted octanol–water partition coefficient (Wildman–Crippen LogP) is 3.47. The van der Waals surface area contributed by atoms with Crippen LogP contribution in [-0.4, -0.2) is 20.1 Å². The van der Waals surface area contributed by atoms with E-state index in [1.807, 2.05) is 0 Å². The molecule has 3 atom stereocenters. The van der Waals surface area contributed by atoms with Gasteiger partial charge in [0.2, 0.25) is 0 Å². The van der Waals surface area contributed by atoms with Crippen molar-refractivity contribution in [2.45, 2.75) is 57.2 Å². The Morgan fingerprint density at radius 3 is 2.07 bits per heavy atom. The number of hydrogen-bond acceptors (Lipinski definition) is 1. The van der Waals surface area contributed by atoms with Crippen LogP contribution in [0.4, 0.5) is 0 Å². The van der Waals surface area contributed by atoms with E-state index in [2.05, 4.69) is 32.3 Å². The Morgan fingerprint density at radius 2 is 1.71 bits per heavy atom. The van der Waals surface area contributed by atoms with Gasteiger partial charge in [-0.25, -0.2) is 0 Å². The maximum absolute atomic E-state index is 6.30. The molecule has 0 amide bonds. The first-order valence-electron chi connectivity index (χ1n) is 6.07. The summed E-state index contributed by atoms with van der Waals surface area (Å²) in [7, 11) is 0. The Morgan fingerprint density at radius 1 is 1.14 bits per heavy atom. The number of rotatable bonds is 2. The third-order valence-corrected chi connectivity index (χ3v) is 5.79. The topological polar surface area (TPSA) is 9.23 Å². The Kier molecular flexibility index (Phi) is 2.54. The average molecular weight is 210 g/mol. The molecule has 0 aromatic rings. The smallest absolute Gasteiger partial charge is 0.454 e. The van der Waals surface area contributed by atoms with Gasteiger partial charge in [-0.15, -0.1) is 0 Å². The van der Waals surface area contributed by atoms with Crippen molar-refractivity contribution in [2.75, 3.05) is 0 Å². The monoisotopic (exact) mass is 210 g/mol. The van der Waals surface area contributed by atoms with Gasteiger partial charge in [0, 0.05) is 5.60 Å². The van der Waals surface area contributed by atoms with Crippen LogP contribution in [-0.2, 0) is 3.79 Å². The zero-order valence-electron chi connectivity index (χ0n) is 10.3. The summed E-state index contributed by atoms with van der Waals surface area (Å²) in [6.07, 6.45) is 4.24. The molecule has 2 fully saturated rings. The molecule has 2 saturated carbocycles. The van der Waals surface area contributed by atoms with Gasteiger partial charge < -0.3 is 3.79 Å². The standard InChI is InChI=1S/C10H17O.2CH3.Al/c1-7-8(2)10(4-5-10)6-9(7,3)11;;;/h7-8H,4-6H2,1-3H3;2*1H3;/q-1;;;+1. The second kappa shape index (κ2) is 3.24. The molecule has 2 aliphatic carbocycles. The van der Waals surface area contributed by atoms with Crippen LogP contribution >= 0.6 is 0 Å². The van der Waals surface area contributed by atoms with Crippen molar-refractivity contribution in [1.82, 2.24) is 0 Å². The van der Waals surface area contributed by atoms with Gasteiger partial charge in [-0.3, -0.25) is 0 Å². The molecule has 2 aliphatic rings. The first-order valence-corrected chi connectivity index (χ1v) is 8.85. The Balaban J connectivity index is 2.13. The van der Waals surface area contributed by atoms with E-state index in [4.69, 9.17) is 3.79 Å². The Hall–Kier alpha value is 0.492. The quantitative estimate of drug-likeness (QED) is 0.634. The lowest BCUT2D eigenvalue weighted by atomic mass is 9.88. The van der Waals surface area contributed by atoms with Crippen LogP contribution in [0.15, 0.2) is 0 Å². The Bertz CT molecular complexity index is 234. The van der Waals surface area contributed by atoms with Gasteiger partial charge in [-0.1, -0.05) is 25.4 Å². The molecular formula is C12H23AlO. The molecule has 2 heteroatoms. The third kappa shape index (κ3) is 1.56. The summed E-state index contributed by atoms with van der Waals surface area (Å²) in [6.45, 7) is 7.19. The molecule has 0 saturated heterocycles. The molecule has 1 nitrogen and oxygen atoms in total. The van der Waals surface area contributed by atoms with E-state index in [9.17, 15) is 0 Å². The van der Waals surface area contributed by atoms with E-state index in [0.717, 1.165) is 11.8 Å². The normalized spacial score (nSPS) is 44.4. The second-order valence-corrected chi connectivity index (χ2v) is 8.43. The fraction of sp³-hybridized carbons (Fsp3) is 1.00. The van der Waals surface area contributed by atoms with Crippen molar-refractivity contribution in [2.24, 2.45) is 17.3 Å². The number of hydrogen-bond donors (Lipinski definition) is 0. The maximum Gasteiger partial charge on any atom is 0.454 e. The van der Waals surface area contributed by atoms with E-state index < -0.39 is 14.5 Å². The van der Waals surface area contributed by atoms with Crippen molar-refractivity contribution in [1.29, 1.82) is 0 Å². The molecule has 3 unspecified atom stereocenters. The molecular weight excluding hydrogens is 187 g/mol. The predicted molar refractivity (Wildman–Crippen MR) is 61.6 cm³/mol. The van der Waals surface area contributed by atoms with Crippen LogP contribution in [0.5, 0.6) is 0 Å². The van der Waals surface area contributed by atoms with Crippen LogP contribution < -0.4 is 0 Å². The summed E-state index contributed by atoms with van der Waals surface area (Å²) in [5, 5.41) is 0. The molecule has 0 heterocycles. The van der Waals surface area contributed by atoms with Crippen LogP contribution in [0.1, 0.15) is 40.0 Å². The van der Waals surface area contributed by atoms with Gasteiger partial charge in [0.15, 0.2) is 0 Å². The largest absolute Gasteiger partial charge is 0.496 e. The fourth-order valence-electron chi connectivity index (χ4n) is 3.56. The van der Waals surface area contributed by atoms with E-state index in [0.29, 0.717) is 5.41 Å². The highest BCUT2D eigenvalue weighted by Crippen LogP contribution is 2.66. The summed E-state index contributed by atoms with van der Waals surface area (Å²) in [6, 6.07) is 0. The molecule has 0 aromatic carbocycles. The summed E-state index contributed by atoms with van der Waals surface area (Å²) in [5.41, 5.74) is 0.897. The van der Waals surface area contributed by atoms with Crippen LogP contribution in [0, 0.1) is 17.3 Å². The average Bonchev–Trinajstić information content (AvgIpc) is 2.78. The lowest BCUT2D eigenvalue weighted by Crippen LogP contribution is -2.37. The highest BCUT2D eigenvalue weighted by Gasteiger charge is 2.61. The summed E-state index contributed by atoms with van der Waals surface area (Å²) >= 11 is -0.887. The minimum Gasteiger partial charge on any atom is -0.496 e. The van der Waals surface area contributed by atoms with E-state index in [1.54, 1.807) is 0 Å².